The number of aromatic amines is 1. The van der Waals surface area contributed by atoms with Gasteiger partial charge < -0.3 is 14.5 Å². The summed E-state index contributed by atoms with van der Waals surface area (Å²) in [6.07, 6.45) is 0.871. The van der Waals surface area contributed by atoms with E-state index in [0.29, 0.717) is 31.3 Å². The lowest BCUT2D eigenvalue weighted by Gasteiger charge is -2.34. The first-order valence-corrected chi connectivity index (χ1v) is 11.4. The highest BCUT2D eigenvalue weighted by atomic mass is 16.5. The number of fused-ring (bicyclic) bond motifs is 1. The number of amides is 2. The maximum atomic E-state index is 13.1. The fourth-order valence-corrected chi connectivity index (χ4v) is 4.38. The van der Waals surface area contributed by atoms with Gasteiger partial charge in [0.15, 0.2) is 0 Å². The van der Waals surface area contributed by atoms with Crippen molar-refractivity contribution in [3.05, 3.63) is 46.8 Å². The zero-order chi connectivity index (χ0) is 22.7. The third kappa shape index (κ3) is 5.30. The molecule has 1 N–H and O–H groups in total. The Hall–Kier alpha value is -2.87. The van der Waals surface area contributed by atoms with Gasteiger partial charge in [0.1, 0.15) is 18.1 Å². The van der Waals surface area contributed by atoms with Gasteiger partial charge in [0.2, 0.25) is 5.91 Å². The molecule has 0 spiro atoms. The molecule has 1 fully saturated rings. The van der Waals surface area contributed by atoms with Crippen molar-refractivity contribution in [1.29, 1.82) is 0 Å². The molecule has 3 heterocycles. The van der Waals surface area contributed by atoms with Gasteiger partial charge >= 0.3 is 0 Å². The predicted octanol–water partition coefficient (Wildman–Crippen LogP) is 2.31. The maximum Gasteiger partial charge on any atom is 0.274 e. The summed E-state index contributed by atoms with van der Waals surface area (Å²) < 4.78 is 5.93. The number of ether oxygens (including phenoxy) is 1. The van der Waals surface area contributed by atoms with Crippen LogP contribution in [-0.4, -0.2) is 76.0 Å². The van der Waals surface area contributed by atoms with Crippen LogP contribution in [0.15, 0.2) is 24.3 Å². The number of nitrogens with zero attached hydrogens (tertiary/aromatic N) is 4. The predicted molar refractivity (Wildman–Crippen MR) is 121 cm³/mol. The molecule has 2 amide bonds. The molecular weight excluding hydrogens is 406 g/mol. The van der Waals surface area contributed by atoms with Crippen molar-refractivity contribution in [2.75, 3.05) is 39.3 Å². The molecule has 172 valence electrons. The summed E-state index contributed by atoms with van der Waals surface area (Å²) in [6.45, 7) is 11.5. The van der Waals surface area contributed by atoms with Crippen LogP contribution in [0, 0.1) is 5.92 Å². The van der Waals surface area contributed by atoms with Gasteiger partial charge in [-0.05, 0) is 36.1 Å². The van der Waals surface area contributed by atoms with E-state index in [1.807, 2.05) is 21.9 Å². The van der Waals surface area contributed by atoms with Gasteiger partial charge in [-0.15, -0.1) is 0 Å². The van der Waals surface area contributed by atoms with Gasteiger partial charge in [-0.25, -0.2) is 0 Å². The van der Waals surface area contributed by atoms with E-state index < -0.39 is 0 Å². The smallest absolute Gasteiger partial charge is 0.274 e. The van der Waals surface area contributed by atoms with E-state index in [1.165, 1.54) is 5.56 Å². The number of carbonyl (C=O) groups excluding carboxylic acids is 2. The second kappa shape index (κ2) is 9.73. The molecular formula is C24H33N5O3. The van der Waals surface area contributed by atoms with Crippen LogP contribution in [-0.2, 0) is 24.3 Å². The summed E-state index contributed by atoms with van der Waals surface area (Å²) in [5.41, 5.74) is 3.66. The van der Waals surface area contributed by atoms with Crippen molar-refractivity contribution in [2.45, 2.75) is 40.3 Å². The van der Waals surface area contributed by atoms with Crippen molar-refractivity contribution in [3.8, 4) is 5.75 Å². The fourth-order valence-electron chi connectivity index (χ4n) is 4.38. The van der Waals surface area contributed by atoms with Crippen LogP contribution in [0.25, 0.3) is 0 Å². The molecule has 0 atom stereocenters. The Kier molecular flexibility index (Phi) is 6.79. The Bertz CT molecular complexity index is 962. The van der Waals surface area contributed by atoms with Crippen LogP contribution in [0.4, 0.5) is 0 Å². The van der Waals surface area contributed by atoms with Gasteiger partial charge in [-0.3, -0.25) is 19.6 Å². The zero-order valence-corrected chi connectivity index (χ0v) is 19.3. The molecule has 32 heavy (non-hydrogen) atoms. The first-order valence-electron chi connectivity index (χ1n) is 11.4. The van der Waals surface area contributed by atoms with Gasteiger partial charge in [0.05, 0.1) is 6.54 Å². The van der Waals surface area contributed by atoms with Gasteiger partial charge in [0, 0.05) is 57.4 Å². The van der Waals surface area contributed by atoms with E-state index in [-0.39, 0.29) is 11.8 Å². The molecule has 2 aliphatic heterocycles. The molecule has 0 saturated carbocycles. The number of aromatic nitrogens is 2. The molecule has 0 aliphatic carbocycles. The van der Waals surface area contributed by atoms with Crippen LogP contribution in [0.2, 0.25) is 0 Å². The van der Waals surface area contributed by atoms with Crippen LogP contribution in [0.1, 0.15) is 48.1 Å². The number of hydrogen-bond donors (Lipinski definition) is 1. The maximum absolute atomic E-state index is 13.1. The van der Waals surface area contributed by atoms with Gasteiger partial charge in [-0.2, -0.15) is 5.10 Å². The molecule has 4 rings (SSSR count). The van der Waals surface area contributed by atoms with E-state index >= 15 is 0 Å². The number of rotatable bonds is 5. The van der Waals surface area contributed by atoms with Gasteiger partial charge in [-0.1, -0.05) is 19.9 Å². The van der Waals surface area contributed by atoms with E-state index in [2.05, 4.69) is 41.1 Å². The lowest BCUT2D eigenvalue weighted by Crippen LogP contribution is -2.47. The third-order valence-corrected chi connectivity index (χ3v) is 6.09. The van der Waals surface area contributed by atoms with Crippen molar-refractivity contribution in [2.24, 2.45) is 5.92 Å². The summed E-state index contributed by atoms with van der Waals surface area (Å²) in [5, 5.41) is 7.25. The summed E-state index contributed by atoms with van der Waals surface area (Å²) in [5.74, 6) is 1.41. The molecule has 0 bridgehead atoms. The van der Waals surface area contributed by atoms with Crippen molar-refractivity contribution in [3.63, 3.8) is 0 Å². The number of piperazine rings is 1. The number of benzene rings is 1. The highest BCUT2D eigenvalue weighted by Gasteiger charge is 2.24. The highest BCUT2D eigenvalue weighted by molar-refractivity contribution is 5.92. The molecule has 8 heteroatoms. The Labute approximate surface area is 189 Å². The summed E-state index contributed by atoms with van der Waals surface area (Å²) in [4.78, 5) is 30.7. The molecule has 2 aliphatic rings. The van der Waals surface area contributed by atoms with Crippen molar-refractivity contribution in [1.82, 2.24) is 24.9 Å². The first kappa shape index (κ1) is 22.3. The largest absolute Gasteiger partial charge is 0.491 e. The number of carbonyl (C=O) groups is 2. The molecule has 1 aromatic carbocycles. The summed E-state index contributed by atoms with van der Waals surface area (Å²) in [7, 11) is 0. The van der Waals surface area contributed by atoms with Crippen LogP contribution < -0.4 is 4.74 Å². The lowest BCUT2D eigenvalue weighted by atomic mass is 10.1. The molecule has 8 nitrogen and oxygen atoms in total. The van der Waals surface area contributed by atoms with Crippen LogP contribution >= 0.6 is 0 Å². The lowest BCUT2D eigenvalue weighted by molar-refractivity contribution is -0.130. The van der Waals surface area contributed by atoms with E-state index in [0.717, 1.165) is 56.2 Å². The van der Waals surface area contributed by atoms with Crippen LogP contribution in [0.5, 0.6) is 5.75 Å². The Balaban J connectivity index is 1.42. The topological polar surface area (TPSA) is 81.8 Å². The van der Waals surface area contributed by atoms with Crippen molar-refractivity contribution < 1.29 is 14.3 Å². The fraction of sp³-hybridized carbons (Fsp3) is 0.542. The van der Waals surface area contributed by atoms with Gasteiger partial charge in [0.25, 0.3) is 5.91 Å². The average Bonchev–Trinajstić information content (AvgIpc) is 3.11. The normalized spacial score (nSPS) is 17.1. The number of nitrogens with one attached hydrogen (secondary N) is 1. The zero-order valence-electron chi connectivity index (χ0n) is 19.3. The number of hydrogen-bond acceptors (Lipinski definition) is 5. The molecule has 1 saturated heterocycles. The second-order valence-corrected chi connectivity index (χ2v) is 9.18. The highest BCUT2D eigenvalue weighted by Crippen LogP contribution is 2.26. The van der Waals surface area contributed by atoms with Crippen molar-refractivity contribution >= 4 is 11.8 Å². The molecule has 0 unspecified atom stereocenters. The second-order valence-electron chi connectivity index (χ2n) is 9.18. The van der Waals surface area contributed by atoms with Crippen LogP contribution in [0.3, 0.4) is 0 Å². The minimum absolute atomic E-state index is 0.0709. The summed E-state index contributed by atoms with van der Waals surface area (Å²) >= 11 is 0. The SMILES string of the molecule is CC(=O)N1CCN(Cc2ccc3c(c2)CN(C(=O)c2cc(CC(C)C)[nH]n2)CCO3)CC1. The van der Waals surface area contributed by atoms with E-state index in [1.54, 1.807) is 6.92 Å². The molecule has 0 radical (unpaired) electrons. The van der Waals surface area contributed by atoms with E-state index in [4.69, 9.17) is 4.74 Å². The standard InChI is InChI=1S/C24H33N5O3/c1-17(2)12-21-14-22(26-25-21)24(31)29-10-11-32-23-5-4-19(13-20(23)16-29)15-27-6-8-28(9-7-27)18(3)30/h4-5,13-14,17H,6-12,15-16H2,1-3H3,(H,25,26). The van der Waals surface area contributed by atoms with E-state index in [9.17, 15) is 9.59 Å². The third-order valence-electron chi connectivity index (χ3n) is 6.09. The average molecular weight is 440 g/mol. The monoisotopic (exact) mass is 439 g/mol. The minimum atomic E-state index is -0.0709. The summed E-state index contributed by atoms with van der Waals surface area (Å²) in [6, 6.07) is 8.12. The Morgan fingerprint density at radius 2 is 1.88 bits per heavy atom. The number of H-pyrrole nitrogens is 1. The molecule has 2 aromatic rings. The molecule has 1 aromatic heterocycles. The first-order chi connectivity index (χ1) is 15.4. The minimum Gasteiger partial charge on any atom is -0.491 e. The Morgan fingerprint density at radius 3 is 2.59 bits per heavy atom. The quantitative estimate of drug-likeness (QED) is 0.773. The Morgan fingerprint density at radius 1 is 1.09 bits per heavy atom.